The lowest BCUT2D eigenvalue weighted by Gasteiger charge is -2.18. The van der Waals surface area contributed by atoms with Gasteiger partial charge < -0.3 is 15.4 Å². The molecule has 0 radical (unpaired) electrons. The van der Waals surface area contributed by atoms with Crippen LogP contribution in [0.5, 0.6) is 5.75 Å². The van der Waals surface area contributed by atoms with Gasteiger partial charge in [-0.1, -0.05) is 32.0 Å². The van der Waals surface area contributed by atoms with Crippen molar-refractivity contribution in [3.8, 4) is 5.75 Å². The standard InChI is InChI=1S/C21H27N3O5S/c1-4-24(5-2)30(27,28)19-11-7-9-17(13-19)21(26)23-15-20(25)22-14-16-8-6-10-18(12-16)29-3/h6-13H,4-5,14-15H2,1-3H3,(H,22,25)(H,23,26). The zero-order valence-corrected chi connectivity index (χ0v) is 18.2. The van der Waals surface area contributed by atoms with Gasteiger partial charge in [0, 0.05) is 25.2 Å². The smallest absolute Gasteiger partial charge is 0.251 e. The molecule has 0 aliphatic carbocycles. The van der Waals surface area contributed by atoms with Gasteiger partial charge in [0.2, 0.25) is 15.9 Å². The Balaban J connectivity index is 1.95. The van der Waals surface area contributed by atoms with E-state index in [4.69, 9.17) is 4.74 Å². The average Bonchev–Trinajstić information content (AvgIpc) is 2.76. The Morgan fingerprint density at radius 1 is 1.00 bits per heavy atom. The Kier molecular flexibility index (Phi) is 8.37. The van der Waals surface area contributed by atoms with E-state index in [-0.39, 0.29) is 22.9 Å². The van der Waals surface area contributed by atoms with Crippen molar-refractivity contribution in [2.45, 2.75) is 25.3 Å². The maximum atomic E-state index is 12.6. The summed E-state index contributed by atoms with van der Waals surface area (Å²) in [4.78, 5) is 24.5. The molecule has 0 unspecified atom stereocenters. The fourth-order valence-corrected chi connectivity index (χ4v) is 4.32. The van der Waals surface area contributed by atoms with Gasteiger partial charge in [-0.15, -0.1) is 0 Å². The molecular formula is C21H27N3O5S. The van der Waals surface area contributed by atoms with E-state index in [1.54, 1.807) is 33.1 Å². The van der Waals surface area contributed by atoms with Crippen molar-refractivity contribution in [3.63, 3.8) is 0 Å². The molecule has 0 bridgehead atoms. The topological polar surface area (TPSA) is 105 Å². The van der Waals surface area contributed by atoms with Gasteiger partial charge in [-0.2, -0.15) is 4.31 Å². The molecule has 2 N–H and O–H groups in total. The Hall–Kier alpha value is -2.91. The maximum Gasteiger partial charge on any atom is 0.251 e. The Labute approximate surface area is 177 Å². The highest BCUT2D eigenvalue weighted by Crippen LogP contribution is 2.17. The van der Waals surface area contributed by atoms with Crippen LogP contribution in [-0.2, 0) is 21.4 Å². The first kappa shape index (κ1) is 23.4. The number of amides is 2. The van der Waals surface area contributed by atoms with Crippen LogP contribution in [-0.4, -0.2) is 51.3 Å². The van der Waals surface area contributed by atoms with Crippen LogP contribution in [0.4, 0.5) is 0 Å². The molecule has 0 atom stereocenters. The van der Waals surface area contributed by atoms with E-state index in [9.17, 15) is 18.0 Å². The van der Waals surface area contributed by atoms with Gasteiger partial charge in [-0.25, -0.2) is 8.42 Å². The van der Waals surface area contributed by atoms with E-state index in [1.807, 2.05) is 12.1 Å². The summed E-state index contributed by atoms with van der Waals surface area (Å²) in [6.45, 7) is 4.24. The molecule has 2 rings (SSSR count). The van der Waals surface area contributed by atoms with Crippen molar-refractivity contribution in [2.24, 2.45) is 0 Å². The summed E-state index contributed by atoms with van der Waals surface area (Å²) in [7, 11) is -2.10. The normalized spacial score (nSPS) is 11.2. The number of benzene rings is 2. The summed E-state index contributed by atoms with van der Waals surface area (Å²) >= 11 is 0. The summed E-state index contributed by atoms with van der Waals surface area (Å²) in [5, 5.41) is 5.22. The lowest BCUT2D eigenvalue weighted by molar-refractivity contribution is -0.120. The lowest BCUT2D eigenvalue weighted by Crippen LogP contribution is -2.36. The zero-order valence-electron chi connectivity index (χ0n) is 17.3. The molecule has 30 heavy (non-hydrogen) atoms. The number of hydrogen-bond acceptors (Lipinski definition) is 5. The van der Waals surface area contributed by atoms with Gasteiger partial charge in [-0.3, -0.25) is 9.59 Å². The number of hydrogen-bond donors (Lipinski definition) is 2. The zero-order chi connectivity index (χ0) is 22.1. The molecular weight excluding hydrogens is 406 g/mol. The molecule has 0 fully saturated rings. The second-order valence-electron chi connectivity index (χ2n) is 6.43. The molecule has 162 valence electrons. The van der Waals surface area contributed by atoms with Gasteiger partial charge in [0.05, 0.1) is 18.6 Å². The van der Waals surface area contributed by atoms with E-state index in [0.717, 1.165) is 5.56 Å². The highest BCUT2D eigenvalue weighted by atomic mass is 32.2. The van der Waals surface area contributed by atoms with Gasteiger partial charge in [0.25, 0.3) is 5.91 Å². The van der Waals surface area contributed by atoms with Crippen LogP contribution in [0, 0.1) is 0 Å². The third-order valence-corrected chi connectivity index (χ3v) is 6.52. The third kappa shape index (κ3) is 6.04. The molecule has 0 saturated heterocycles. The Morgan fingerprint density at radius 3 is 2.37 bits per heavy atom. The molecule has 0 aliphatic rings. The van der Waals surface area contributed by atoms with Crippen LogP contribution in [0.1, 0.15) is 29.8 Å². The molecule has 2 amide bonds. The molecule has 2 aromatic carbocycles. The minimum atomic E-state index is -3.67. The van der Waals surface area contributed by atoms with E-state index in [2.05, 4.69) is 10.6 Å². The lowest BCUT2D eigenvalue weighted by atomic mass is 10.2. The number of sulfonamides is 1. The fourth-order valence-electron chi connectivity index (χ4n) is 2.82. The second-order valence-corrected chi connectivity index (χ2v) is 8.37. The highest BCUT2D eigenvalue weighted by Gasteiger charge is 2.22. The number of methoxy groups -OCH3 is 1. The van der Waals surface area contributed by atoms with Crippen molar-refractivity contribution in [1.29, 1.82) is 0 Å². The van der Waals surface area contributed by atoms with E-state index in [0.29, 0.717) is 25.4 Å². The van der Waals surface area contributed by atoms with Crippen LogP contribution in [0.3, 0.4) is 0 Å². The number of carbonyl (C=O) groups excluding carboxylic acids is 2. The highest BCUT2D eigenvalue weighted by molar-refractivity contribution is 7.89. The minimum Gasteiger partial charge on any atom is -0.497 e. The van der Waals surface area contributed by atoms with Gasteiger partial charge >= 0.3 is 0 Å². The van der Waals surface area contributed by atoms with E-state index < -0.39 is 15.9 Å². The second kappa shape index (κ2) is 10.7. The van der Waals surface area contributed by atoms with Crippen molar-refractivity contribution in [2.75, 3.05) is 26.7 Å². The van der Waals surface area contributed by atoms with Crippen LogP contribution in [0.15, 0.2) is 53.4 Å². The van der Waals surface area contributed by atoms with Gasteiger partial charge in [-0.05, 0) is 35.9 Å². The first-order valence-electron chi connectivity index (χ1n) is 9.59. The van der Waals surface area contributed by atoms with Crippen LogP contribution < -0.4 is 15.4 Å². The molecule has 0 saturated carbocycles. The first-order chi connectivity index (χ1) is 14.3. The SMILES string of the molecule is CCN(CC)S(=O)(=O)c1cccc(C(=O)NCC(=O)NCc2cccc(OC)c2)c1. The average molecular weight is 434 g/mol. The molecule has 0 aliphatic heterocycles. The molecule has 9 heteroatoms. The predicted octanol–water partition coefficient (Wildman–Crippen LogP) is 1.77. The van der Waals surface area contributed by atoms with Crippen molar-refractivity contribution in [3.05, 3.63) is 59.7 Å². The molecule has 8 nitrogen and oxygen atoms in total. The summed E-state index contributed by atoms with van der Waals surface area (Å²) in [6.07, 6.45) is 0. The predicted molar refractivity (Wildman–Crippen MR) is 114 cm³/mol. The number of rotatable bonds is 10. The maximum absolute atomic E-state index is 12.6. The largest absolute Gasteiger partial charge is 0.497 e. The summed E-state index contributed by atoms with van der Waals surface area (Å²) in [6, 6.07) is 13.1. The van der Waals surface area contributed by atoms with Crippen LogP contribution in [0.25, 0.3) is 0 Å². The van der Waals surface area contributed by atoms with Crippen molar-refractivity contribution >= 4 is 21.8 Å². The molecule has 0 heterocycles. The summed E-state index contributed by atoms with van der Waals surface area (Å²) < 4.78 is 31.7. The van der Waals surface area contributed by atoms with E-state index >= 15 is 0 Å². The van der Waals surface area contributed by atoms with Crippen LogP contribution in [0.2, 0.25) is 0 Å². The monoisotopic (exact) mass is 433 g/mol. The quantitative estimate of drug-likeness (QED) is 0.594. The van der Waals surface area contributed by atoms with Crippen molar-refractivity contribution < 1.29 is 22.7 Å². The van der Waals surface area contributed by atoms with E-state index in [1.165, 1.54) is 28.6 Å². The van der Waals surface area contributed by atoms with Crippen LogP contribution >= 0.6 is 0 Å². The summed E-state index contributed by atoms with van der Waals surface area (Å²) in [5.74, 6) is -0.198. The molecule has 0 aromatic heterocycles. The Bertz CT molecular complexity index is 988. The Morgan fingerprint density at radius 2 is 1.70 bits per heavy atom. The fraction of sp³-hybridized carbons (Fsp3) is 0.333. The third-order valence-electron chi connectivity index (χ3n) is 4.47. The molecule has 0 spiro atoms. The van der Waals surface area contributed by atoms with Crippen molar-refractivity contribution in [1.82, 2.24) is 14.9 Å². The summed E-state index contributed by atoms with van der Waals surface area (Å²) in [5.41, 5.74) is 1.03. The molecule has 2 aromatic rings. The number of carbonyl (C=O) groups is 2. The number of nitrogens with one attached hydrogen (secondary N) is 2. The number of ether oxygens (including phenoxy) is 1. The van der Waals surface area contributed by atoms with Gasteiger partial charge in [0.1, 0.15) is 5.75 Å². The minimum absolute atomic E-state index is 0.0429. The van der Waals surface area contributed by atoms with Gasteiger partial charge in [0.15, 0.2) is 0 Å². The number of nitrogens with zero attached hydrogens (tertiary/aromatic N) is 1. The first-order valence-corrected chi connectivity index (χ1v) is 11.0.